The summed E-state index contributed by atoms with van der Waals surface area (Å²) in [6, 6.07) is 16.7. The van der Waals surface area contributed by atoms with E-state index in [4.69, 9.17) is 0 Å². The van der Waals surface area contributed by atoms with Gasteiger partial charge in [0.25, 0.3) is 5.56 Å². The lowest BCUT2D eigenvalue weighted by atomic mass is 10.0. The van der Waals surface area contributed by atoms with Gasteiger partial charge in [0.15, 0.2) is 0 Å². The molecule has 2 aromatic heterocycles. The molecule has 1 N–H and O–H groups in total. The number of carbonyl (C=O) groups is 1. The molecule has 43 heavy (non-hydrogen) atoms. The number of benzene rings is 2. The molecule has 0 bridgehead atoms. The highest BCUT2D eigenvalue weighted by molar-refractivity contribution is 7.09. The predicted octanol–water partition coefficient (Wildman–Crippen LogP) is 5.51. The summed E-state index contributed by atoms with van der Waals surface area (Å²) in [7, 11) is 0. The van der Waals surface area contributed by atoms with Crippen molar-refractivity contribution in [2.24, 2.45) is 0 Å². The Balaban J connectivity index is 1.36. The van der Waals surface area contributed by atoms with Crippen molar-refractivity contribution >= 4 is 17.2 Å². The van der Waals surface area contributed by atoms with Crippen LogP contribution in [0.3, 0.4) is 0 Å². The van der Waals surface area contributed by atoms with E-state index in [0.717, 1.165) is 49.2 Å². The van der Waals surface area contributed by atoms with Crippen molar-refractivity contribution in [2.75, 3.05) is 13.1 Å². The van der Waals surface area contributed by atoms with E-state index >= 15 is 0 Å². The number of alkyl halides is 3. The number of halogens is 3. The van der Waals surface area contributed by atoms with Crippen molar-refractivity contribution < 1.29 is 18.0 Å². The van der Waals surface area contributed by atoms with Crippen molar-refractivity contribution in [1.29, 1.82) is 0 Å². The molecule has 0 saturated carbocycles. The zero-order valence-corrected chi connectivity index (χ0v) is 24.8. The first kappa shape index (κ1) is 30.6. The van der Waals surface area contributed by atoms with Crippen molar-refractivity contribution in [3.05, 3.63) is 104 Å². The lowest BCUT2D eigenvalue weighted by Gasteiger charge is -2.35. The van der Waals surface area contributed by atoms with Gasteiger partial charge >= 0.3 is 6.18 Å². The van der Waals surface area contributed by atoms with Crippen LogP contribution in [-0.4, -0.2) is 44.7 Å². The average Bonchev–Trinajstić information content (AvgIpc) is 3.54. The third-order valence-corrected chi connectivity index (χ3v) is 8.67. The molecule has 3 heterocycles. The van der Waals surface area contributed by atoms with E-state index in [9.17, 15) is 22.8 Å². The van der Waals surface area contributed by atoms with Crippen LogP contribution < -0.4 is 10.9 Å². The summed E-state index contributed by atoms with van der Waals surface area (Å²) < 4.78 is 40.5. The first-order valence-corrected chi connectivity index (χ1v) is 15.3. The maximum Gasteiger partial charge on any atom is 0.416 e. The van der Waals surface area contributed by atoms with Crippen LogP contribution in [0.4, 0.5) is 13.2 Å². The largest absolute Gasteiger partial charge is 0.416 e. The van der Waals surface area contributed by atoms with Gasteiger partial charge in [0.1, 0.15) is 18.1 Å². The van der Waals surface area contributed by atoms with Gasteiger partial charge < -0.3 is 10.2 Å². The maximum absolute atomic E-state index is 13.9. The molecule has 2 aromatic carbocycles. The van der Waals surface area contributed by atoms with E-state index in [0.29, 0.717) is 42.9 Å². The van der Waals surface area contributed by atoms with Gasteiger partial charge in [-0.25, -0.2) is 4.68 Å². The quantitative estimate of drug-likeness (QED) is 0.257. The molecule has 7 nitrogen and oxygen atoms in total. The van der Waals surface area contributed by atoms with Crippen molar-refractivity contribution in [2.45, 2.75) is 64.3 Å². The molecule has 1 fully saturated rings. The van der Waals surface area contributed by atoms with Gasteiger partial charge in [-0.3, -0.25) is 9.59 Å². The van der Waals surface area contributed by atoms with Crippen LogP contribution in [0, 0.1) is 0 Å². The number of hydrogen-bond acceptors (Lipinski definition) is 6. The molecule has 5 rings (SSSR count). The van der Waals surface area contributed by atoms with E-state index in [2.05, 4.69) is 15.4 Å². The van der Waals surface area contributed by atoms with Gasteiger partial charge in [-0.15, -0.1) is 11.3 Å². The van der Waals surface area contributed by atoms with Crippen LogP contribution in [0.2, 0.25) is 0 Å². The van der Waals surface area contributed by atoms with Crippen LogP contribution in [0.15, 0.2) is 70.8 Å². The fourth-order valence-corrected chi connectivity index (χ4v) is 6.03. The summed E-state index contributed by atoms with van der Waals surface area (Å²) >= 11 is 1.64. The number of rotatable bonds is 10. The number of aromatic nitrogens is 3. The number of nitrogens with zero attached hydrogens (tertiary/aromatic N) is 4. The van der Waals surface area contributed by atoms with E-state index in [1.807, 2.05) is 53.6 Å². The molecule has 0 atom stereocenters. The Morgan fingerprint density at radius 2 is 1.70 bits per heavy atom. The molecule has 1 amide bonds. The summed E-state index contributed by atoms with van der Waals surface area (Å²) in [4.78, 5) is 33.9. The lowest BCUT2D eigenvalue weighted by molar-refractivity contribution is -0.137. The molecule has 1 aliphatic heterocycles. The molecule has 0 unspecified atom stereocenters. The molecular formula is C32H34F3N5O2S. The summed E-state index contributed by atoms with van der Waals surface area (Å²) in [5, 5.41) is 9.90. The Bertz CT molecular complexity index is 1560. The summed E-state index contributed by atoms with van der Waals surface area (Å²) in [6.45, 7) is 3.83. The zero-order valence-electron chi connectivity index (χ0n) is 23.9. The molecule has 1 aliphatic rings. The van der Waals surface area contributed by atoms with Gasteiger partial charge in [0.2, 0.25) is 5.91 Å². The number of carbonyl (C=O) groups excluding carboxylic acids is 1. The predicted molar refractivity (Wildman–Crippen MR) is 161 cm³/mol. The summed E-state index contributed by atoms with van der Waals surface area (Å²) in [5.74, 6) is 0.395. The Kier molecular flexibility index (Phi) is 9.72. The number of hydrogen-bond donors (Lipinski definition) is 1. The minimum atomic E-state index is -4.38. The van der Waals surface area contributed by atoms with Gasteiger partial charge in [-0.05, 0) is 79.0 Å². The molecular weight excluding hydrogens is 575 g/mol. The highest BCUT2D eigenvalue weighted by Gasteiger charge is 2.30. The van der Waals surface area contributed by atoms with Gasteiger partial charge in [0, 0.05) is 23.9 Å². The fourth-order valence-electron chi connectivity index (χ4n) is 5.32. The Morgan fingerprint density at radius 3 is 2.30 bits per heavy atom. The van der Waals surface area contributed by atoms with Gasteiger partial charge in [0.05, 0.1) is 5.56 Å². The van der Waals surface area contributed by atoms with E-state index in [1.165, 1.54) is 17.0 Å². The number of piperidine rings is 1. The van der Waals surface area contributed by atoms with Crippen molar-refractivity contribution in [1.82, 2.24) is 25.0 Å². The maximum atomic E-state index is 13.9. The highest BCUT2D eigenvalue weighted by atomic mass is 32.1. The van der Waals surface area contributed by atoms with Crippen LogP contribution in [0.5, 0.6) is 0 Å². The standard InChI is InChI=1S/C32H34F3N5O2S/c1-2-28-31(42)37-29(14-13-27-4-3-19-43-27)40(38-28)21-30(41)39(26-15-17-36-18-16-26)20-22-5-7-23(8-6-22)24-9-11-25(12-10-24)32(33,34)35/h3-12,19,26,36H,2,13-18,20-21H2,1H3. The second-order valence-corrected chi connectivity index (χ2v) is 11.7. The normalized spacial score (nSPS) is 14.1. The number of thiophene rings is 1. The first-order chi connectivity index (χ1) is 20.7. The van der Waals surface area contributed by atoms with Crippen LogP contribution >= 0.6 is 11.3 Å². The average molecular weight is 610 g/mol. The SMILES string of the molecule is CCc1nn(CC(=O)N(Cc2ccc(-c3ccc(C(F)(F)F)cc3)cc2)C2CCNCC2)c(CCc2cccs2)nc1=O. The Hall–Kier alpha value is -3.83. The Labute approximate surface area is 252 Å². The van der Waals surface area contributed by atoms with Gasteiger partial charge in [-0.2, -0.15) is 23.3 Å². The minimum absolute atomic E-state index is 0.0202. The van der Waals surface area contributed by atoms with E-state index < -0.39 is 11.7 Å². The molecule has 0 spiro atoms. The molecule has 0 aliphatic carbocycles. The second-order valence-electron chi connectivity index (χ2n) is 10.6. The molecule has 1 saturated heterocycles. The molecule has 4 aromatic rings. The third-order valence-electron chi connectivity index (χ3n) is 7.73. The monoisotopic (exact) mass is 609 g/mol. The lowest BCUT2D eigenvalue weighted by Crippen LogP contribution is -2.47. The number of nitrogens with one attached hydrogen (secondary N) is 1. The van der Waals surface area contributed by atoms with Crippen LogP contribution in [0.25, 0.3) is 11.1 Å². The van der Waals surface area contributed by atoms with Crippen LogP contribution in [0.1, 0.15) is 47.3 Å². The van der Waals surface area contributed by atoms with Gasteiger partial charge in [-0.1, -0.05) is 49.4 Å². The molecule has 226 valence electrons. The number of amides is 1. The second kappa shape index (κ2) is 13.6. The highest BCUT2D eigenvalue weighted by Crippen LogP contribution is 2.31. The zero-order chi connectivity index (χ0) is 30.4. The summed E-state index contributed by atoms with van der Waals surface area (Å²) in [6.07, 6.45) is -1.12. The molecule has 11 heteroatoms. The van der Waals surface area contributed by atoms with Crippen LogP contribution in [-0.2, 0) is 43.3 Å². The third kappa shape index (κ3) is 7.77. The molecule has 0 radical (unpaired) electrons. The Morgan fingerprint density at radius 1 is 1.02 bits per heavy atom. The summed E-state index contributed by atoms with van der Waals surface area (Å²) in [5.41, 5.74) is 1.70. The number of aryl methyl sites for hydroxylation is 3. The first-order valence-electron chi connectivity index (χ1n) is 14.5. The minimum Gasteiger partial charge on any atom is -0.334 e. The smallest absolute Gasteiger partial charge is 0.334 e. The van der Waals surface area contributed by atoms with E-state index in [1.54, 1.807) is 16.0 Å². The van der Waals surface area contributed by atoms with E-state index in [-0.39, 0.29) is 24.1 Å². The topological polar surface area (TPSA) is 80.1 Å². The van der Waals surface area contributed by atoms with Crippen molar-refractivity contribution in [3.8, 4) is 11.1 Å². The fraction of sp³-hybridized carbons (Fsp3) is 0.375. The van der Waals surface area contributed by atoms with Crippen molar-refractivity contribution in [3.63, 3.8) is 0 Å².